The summed E-state index contributed by atoms with van der Waals surface area (Å²) in [5, 5.41) is 0. The number of hydrogen-bond acceptors (Lipinski definition) is 2. The van der Waals surface area contributed by atoms with Gasteiger partial charge in [-0.05, 0) is 50.2 Å². The highest BCUT2D eigenvalue weighted by molar-refractivity contribution is 5.31. The Morgan fingerprint density at radius 3 is 2.58 bits per heavy atom. The second kappa shape index (κ2) is 6.02. The van der Waals surface area contributed by atoms with E-state index in [0.29, 0.717) is 0 Å². The predicted octanol–water partition coefficient (Wildman–Crippen LogP) is 3.25. The molecule has 3 heteroatoms. The largest absolute Gasteiger partial charge is 0.318 e. The fourth-order valence-electron chi connectivity index (χ4n) is 2.82. The molecule has 3 nitrogen and oxygen atoms in total. The average molecular weight is 255 g/mol. The van der Waals surface area contributed by atoms with E-state index in [2.05, 4.69) is 38.8 Å². The van der Waals surface area contributed by atoms with Gasteiger partial charge < -0.3 is 4.57 Å². The molecule has 0 bridgehead atoms. The van der Waals surface area contributed by atoms with Crippen molar-refractivity contribution in [1.82, 2.24) is 14.5 Å². The van der Waals surface area contributed by atoms with Crippen LogP contribution in [0.4, 0.5) is 0 Å². The minimum atomic E-state index is 1.04. The van der Waals surface area contributed by atoms with Gasteiger partial charge in [0.15, 0.2) is 0 Å². The molecule has 1 aliphatic heterocycles. The van der Waals surface area contributed by atoms with Gasteiger partial charge >= 0.3 is 0 Å². The topological polar surface area (TPSA) is 21.1 Å². The van der Waals surface area contributed by atoms with Crippen molar-refractivity contribution in [3.8, 4) is 5.69 Å². The number of likely N-dealkylation sites (tertiary alicyclic amines) is 1. The van der Waals surface area contributed by atoms with Crippen molar-refractivity contribution in [2.24, 2.45) is 0 Å². The van der Waals surface area contributed by atoms with Crippen LogP contribution in [0.25, 0.3) is 5.69 Å². The molecule has 19 heavy (non-hydrogen) atoms. The van der Waals surface area contributed by atoms with Gasteiger partial charge in [-0.2, -0.15) is 0 Å². The number of aromatic nitrogens is 2. The molecule has 0 unspecified atom stereocenters. The Morgan fingerprint density at radius 1 is 1.00 bits per heavy atom. The van der Waals surface area contributed by atoms with Gasteiger partial charge in [0.05, 0.1) is 11.9 Å². The van der Waals surface area contributed by atoms with Crippen LogP contribution in [0.15, 0.2) is 42.9 Å². The third-order valence-electron chi connectivity index (χ3n) is 3.84. The van der Waals surface area contributed by atoms with E-state index in [9.17, 15) is 0 Å². The Balaban J connectivity index is 1.76. The number of hydrogen-bond donors (Lipinski definition) is 0. The quantitative estimate of drug-likeness (QED) is 0.839. The van der Waals surface area contributed by atoms with E-state index in [1.54, 1.807) is 0 Å². The van der Waals surface area contributed by atoms with E-state index >= 15 is 0 Å². The van der Waals surface area contributed by atoms with E-state index in [1.807, 2.05) is 18.5 Å². The predicted molar refractivity (Wildman–Crippen MR) is 77.3 cm³/mol. The van der Waals surface area contributed by atoms with E-state index in [4.69, 9.17) is 0 Å². The number of pyridine rings is 1. The molecule has 3 rings (SSSR count). The monoisotopic (exact) mass is 255 g/mol. The molecule has 0 radical (unpaired) electrons. The van der Waals surface area contributed by atoms with Gasteiger partial charge in [0.25, 0.3) is 0 Å². The standard InChI is InChI=1S/C16H21N3/c1-2-4-11-18(10-3-1)14-16-8-6-12-19(16)15-7-5-9-17-13-15/h5-9,12-13H,1-4,10-11,14H2. The van der Waals surface area contributed by atoms with E-state index in [1.165, 1.54) is 44.5 Å². The molecule has 0 atom stereocenters. The first-order chi connectivity index (χ1) is 9.43. The van der Waals surface area contributed by atoms with Crippen LogP contribution in [0.3, 0.4) is 0 Å². The molecule has 0 N–H and O–H groups in total. The second-order valence-electron chi connectivity index (χ2n) is 5.27. The van der Waals surface area contributed by atoms with Crippen LogP contribution in [0.5, 0.6) is 0 Å². The van der Waals surface area contributed by atoms with Crippen LogP contribution < -0.4 is 0 Å². The lowest BCUT2D eigenvalue weighted by Crippen LogP contribution is -2.25. The van der Waals surface area contributed by atoms with Crippen molar-refractivity contribution in [3.63, 3.8) is 0 Å². The average Bonchev–Trinajstić information content (AvgIpc) is 2.75. The van der Waals surface area contributed by atoms with Crippen molar-refractivity contribution in [1.29, 1.82) is 0 Å². The van der Waals surface area contributed by atoms with Crippen LogP contribution in [0.1, 0.15) is 31.4 Å². The lowest BCUT2D eigenvalue weighted by molar-refractivity contribution is 0.272. The lowest BCUT2D eigenvalue weighted by atomic mass is 10.2. The van der Waals surface area contributed by atoms with Gasteiger partial charge in [-0.1, -0.05) is 12.8 Å². The summed E-state index contributed by atoms with van der Waals surface area (Å²) in [6.45, 7) is 3.51. The molecule has 0 saturated carbocycles. The van der Waals surface area contributed by atoms with Gasteiger partial charge in [-0.15, -0.1) is 0 Å². The van der Waals surface area contributed by atoms with Crippen molar-refractivity contribution >= 4 is 0 Å². The SMILES string of the molecule is c1cncc(-n2cccc2CN2CCCCCC2)c1. The summed E-state index contributed by atoms with van der Waals surface area (Å²) >= 11 is 0. The van der Waals surface area contributed by atoms with Gasteiger partial charge in [0, 0.05) is 24.6 Å². The van der Waals surface area contributed by atoms with Crippen LogP contribution >= 0.6 is 0 Å². The molecule has 0 amide bonds. The zero-order valence-electron chi connectivity index (χ0n) is 11.3. The maximum Gasteiger partial charge on any atom is 0.0636 e. The van der Waals surface area contributed by atoms with Gasteiger partial charge in [-0.3, -0.25) is 9.88 Å². The molecule has 2 aromatic rings. The first-order valence-electron chi connectivity index (χ1n) is 7.22. The molecule has 2 aromatic heterocycles. The Kier molecular flexibility index (Phi) is 3.94. The third kappa shape index (κ3) is 3.04. The summed E-state index contributed by atoms with van der Waals surface area (Å²) in [4.78, 5) is 6.79. The smallest absolute Gasteiger partial charge is 0.0636 e. The molecule has 0 aromatic carbocycles. The van der Waals surface area contributed by atoms with Crippen LogP contribution in [0, 0.1) is 0 Å². The number of nitrogens with zero attached hydrogens (tertiary/aromatic N) is 3. The van der Waals surface area contributed by atoms with E-state index < -0.39 is 0 Å². The third-order valence-corrected chi connectivity index (χ3v) is 3.84. The molecule has 100 valence electrons. The van der Waals surface area contributed by atoms with Crippen molar-refractivity contribution in [3.05, 3.63) is 48.5 Å². The molecule has 0 aliphatic carbocycles. The minimum Gasteiger partial charge on any atom is -0.318 e. The number of rotatable bonds is 3. The molecular formula is C16H21N3. The zero-order valence-corrected chi connectivity index (χ0v) is 11.3. The molecule has 1 fully saturated rings. The van der Waals surface area contributed by atoms with E-state index in [-0.39, 0.29) is 0 Å². The molecular weight excluding hydrogens is 234 g/mol. The summed E-state index contributed by atoms with van der Waals surface area (Å²) in [6, 6.07) is 8.45. The van der Waals surface area contributed by atoms with Crippen molar-refractivity contribution < 1.29 is 0 Å². The second-order valence-corrected chi connectivity index (χ2v) is 5.27. The summed E-state index contributed by atoms with van der Waals surface area (Å²) < 4.78 is 2.25. The van der Waals surface area contributed by atoms with Crippen molar-refractivity contribution in [2.45, 2.75) is 32.2 Å². The fourth-order valence-corrected chi connectivity index (χ4v) is 2.82. The Morgan fingerprint density at radius 2 is 1.84 bits per heavy atom. The Labute approximate surface area is 114 Å². The fraction of sp³-hybridized carbons (Fsp3) is 0.438. The maximum absolute atomic E-state index is 4.21. The first-order valence-corrected chi connectivity index (χ1v) is 7.22. The van der Waals surface area contributed by atoms with Crippen molar-refractivity contribution in [2.75, 3.05) is 13.1 Å². The van der Waals surface area contributed by atoms with Gasteiger partial charge in [0.1, 0.15) is 0 Å². The lowest BCUT2D eigenvalue weighted by Gasteiger charge is -2.20. The normalized spacial score (nSPS) is 17.3. The maximum atomic E-state index is 4.21. The summed E-state index contributed by atoms with van der Waals surface area (Å²) in [5.41, 5.74) is 2.51. The summed E-state index contributed by atoms with van der Waals surface area (Å²) in [6.07, 6.45) is 11.3. The van der Waals surface area contributed by atoms with Gasteiger partial charge in [0.2, 0.25) is 0 Å². The highest BCUT2D eigenvalue weighted by Gasteiger charge is 2.12. The highest BCUT2D eigenvalue weighted by Crippen LogP contribution is 2.16. The molecule has 0 spiro atoms. The Hall–Kier alpha value is -1.61. The zero-order chi connectivity index (χ0) is 12.9. The molecule has 1 aliphatic rings. The van der Waals surface area contributed by atoms with Crippen LogP contribution in [-0.4, -0.2) is 27.5 Å². The first kappa shape index (κ1) is 12.4. The van der Waals surface area contributed by atoms with Gasteiger partial charge in [-0.25, -0.2) is 0 Å². The summed E-state index contributed by atoms with van der Waals surface area (Å²) in [5.74, 6) is 0. The van der Waals surface area contributed by atoms with Crippen LogP contribution in [0.2, 0.25) is 0 Å². The van der Waals surface area contributed by atoms with E-state index in [0.717, 1.165) is 12.2 Å². The molecule has 1 saturated heterocycles. The molecule has 3 heterocycles. The van der Waals surface area contributed by atoms with Crippen LogP contribution in [-0.2, 0) is 6.54 Å². The minimum absolute atomic E-state index is 1.04. The highest BCUT2D eigenvalue weighted by atomic mass is 15.1. The Bertz CT molecular complexity index is 496. The summed E-state index contributed by atoms with van der Waals surface area (Å²) in [7, 11) is 0.